The summed E-state index contributed by atoms with van der Waals surface area (Å²) in [7, 11) is 3.05. The Hall–Kier alpha value is -2.89. The molecule has 1 aromatic carbocycles. The Morgan fingerprint density at radius 1 is 1.10 bits per heavy atom. The van der Waals surface area contributed by atoms with Crippen LogP contribution in [0.5, 0.6) is 0 Å². The lowest BCUT2D eigenvalue weighted by atomic mass is 9.86. The molecule has 1 amide bonds. The summed E-state index contributed by atoms with van der Waals surface area (Å²) in [6.45, 7) is 13.9. The highest BCUT2D eigenvalue weighted by atomic mass is 16.5. The molecule has 2 aromatic rings. The average molecular weight is 427 g/mol. The number of ketones is 1. The van der Waals surface area contributed by atoms with Crippen LogP contribution in [0.2, 0.25) is 0 Å². The van der Waals surface area contributed by atoms with E-state index in [0.29, 0.717) is 34.6 Å². The molecular weight excluding hydrogens is 392 g/mol. The highest BCUT2D eigenvalue weighted by Crippen LogP contribution is 2.26. The third kappa shape index (κ3) is 4.58. The van der Waals surface area contributed by atoms with E-state index in [2.05, 4.69) is 20.8 Å². The predicted molar refractivity (Wildman–Crippen MR) is 122 cm³/mol. The van der Waals surface area contributed by atoms with Crippen molar-refractivity contribution in [1.82, 2.24) is 9.47 Å². The molecule has 1 atom stereocenters. The molecule has 1 aromatic heterocycles. The number of ether oxygens (including phenoxy) is 1. The van der Waals surface area contributed by atoms with E-state index in [0.717, 1.165) is 5.56 Å². The number of nitrogens with zero attached hydrogens (tertiary/aromatic N) is 2. The van der Waals surface area contributed by atoms with Crippen LogP contribution in [0.1, 0.15) is 82.6 Å². The van der Waals surface area contributed by atoms with Crippen LogP contribution >= 0.6 is 0 Å². The quantitative estimate of drug-likeness (QED) is 0.505. The van der Waals surface area contributed by atoms with E-state index in [-0.39, 0.29) is 17.1 Å². The van der Waals surface area contributed by atoms with Gasteiger partial charge in [0.15, 0.2) is 5.78 Å². The molecule has 0 aliphatic heterocycles. The molecule has 0 N–H and O–H groups in total. The number of amides is 1. The third-order valence-electron chi connectivity index (χ3n) is 6.00. The molecule has 0 aliphatic rings. The first-order valence-corrected chi connectivity index (χ1v) is 10.6. The van der Waals surface area contributed by atoms with Crippen molar-refractivity contribution in [3.63, 3.8) is 0 Å². The zero-order chi connectivity index (χ0) is 23.7. The Bertz CT molecular complexity index is 994. The van der Waals surface area contributed by atoms with Crippen molar-refractivity contribution in [3.8, 4) is 0 Å². The Labute approximate surface area is 185 Å². The van der Waals surface area contributed by atoms with E-state index < -0.39 is 12.0 Å². The minimum Gasteiger partial charge on any atom is -0.464 e. The fourth-order valence-corrected chi connectivity index (χ4v) is 3.95. The number of methoxy groups -OCH3 is 1. The Morgan fingerprint density at radius 3 is 2.10 bits per heavy atom. The number of rotatable bonds is 6. The molecule has 0 radical (unpaired) electrons. The first kappa shape index (κ1) is 24.4. The molecule has 6 heteroatoms. The molecule has 0 fully saturated rings. The first-order valence-electron chi connectivity index (χ1n) is 10.6. The first-order chi connectivity index (χ1) is 14.4. The van der Waals surface area contributed by atoms with Crippen LogP contribution in [-0.2, 0) is 17.2 Å². The lowest BCUT2D eigenvalue weighted by molar-refractivity contribution is 0.0588. The second kappa shape index (κ2) is 9.08. The minimum atomic E-state index is -0.676. The second-order valence-electron chi connectivity index (χ2n) is 8.94. The molecule has 0 spiro atoms. The van der Waals surface area contributed by atoms with E-state index in [1.807, 2.05) is 31.2 Å². The van der Waals surface area contributed by atoms with Gasteiger partial charge in [0.1, 0.15) is 5.69 Å². The number of likely N-dealkylation sites (N-methyl/N-ethyl adjacent to an activating group) is 1. The van der Waals surface area contributed by atoms with Crippen LogP contribution in [0.3, 0.4) is 0 Å². The molecule has 1 heterocycles. The van der Waals surface area contributed by atoms with Crippen LogP contribution in [-0.4, -0.2) is 46.8 Å². The maximum atomic E-state index is 13.4. The highest BCUT2D eigenvalue weighted by Gasteiger charge is 2.32. The number of hydrogen-bond donors (Lipinski definition) is 0. The van der Waals surface area contributed by atoms with Gasteiger partial charge in [0.25, 0.3) is 5.91 Å². The molecule has 0 bridgehead atoms. The maximum absolute atomic E-state index is 13.4. The third-order valence-corrected chi connectivity index (χ3v) is 6.00. The summed E-state index contributed by atoms with van der Waals surface area (Å²) >= 11 is 0. The standard InChI is InChI=1S/C25H34N2O4/c1-10-27(23(29)18-11-13-19(14-12-18)25(5,6)7)17(4)22(28)20-15(2)21(24(30)31-9)26(8)16(20)3/h11-14,17H,10H2,1-9H3/t17-/m1/s1. The minimum absolute atomic E-state index is 0.00497. The molecule has 0 saturated heterocycles. The fraction of sp³-hybridized carbons (Fsp3) is 0.480. The van der Waals surface area contributed by atoms with E-state index in [1.165, 1.54) is 7.11 Å². The monoisotopic (exact) mass is 426 g/mol. The molecule has 2 rings (SSSR count). The zero-order valence-electron chi connectivity index (χ0n) is 20.1. The van der Waals surface area contributed by atoms with Gasteiger partial charge in [0.2, 0.25) is 0 Å². The van der Waals surface area contributed by atoms with Crippen LogP contribution in [0, 0.1) is 13.8 Å². The van der Waals surface area contributed by atoms with Crippen LogP contribution in [0.4, 0.5) is 0 Å². The Balaban J connectivity index is 2.38. The fourth-order valence-electron chi connectivity index (χ4n) is 3.95. The van der Waals surface area contributed by atoms with Gasteiger partial charge in [-0.25, -0.2) is 4.79 Å². The van der Waals surface area contributed by atoms with Crippen molar-refractivity contribution in [2.24, 2.45) is 7.05 Å². The number of benzene rings is 1. The van der Waals surface area contributed by atoms with Gasteiger partial charge in [0, 0.05) is 30.4 Å². The lowest BCUT2D eigenvalue weighted by Gasteiger charge is -2.28. The summed E-state index contributed by atoms with van der Waals surface area (Å²) in [5, 5.41) is 0. The van der Waals surface area contributed by atoms with Crippen LogP contribution < -0.4 is 0 Å². The summed E-state index contributed by atoms with van der Waals surface area (Å²) < 4.78 is 6.54. The normalized spacial score (nSPS) is 12.4. The van der Waals surface area contributed by atoms with Gasteiger partial charge in [-0.2, -0.15) is 0 Å². The SMILES string of the molecule is CCN(C(=O)c1ccc(C(C)(C)C)cc1)[C@H](C)C(=O)c1c(C)c(C(=O)OC)n(C)c1C. The summed E-state index contributed by atoms with van der Waals surface area (Å²) in [6.07, 6.45) is 0. The van der Waals surface area contributed by atoms with Gasteiger partial charge in [-0.1, -0.05) is 32.9 Å². The van der Waals surface area contributed by atoms with Crippen LogP contribution in [0.25, 0.3) is 0 Å². The van der Waals surface area contributed by atoms with Crippen molar-refractivity contribution < 1.29 is 19.1 Å². The highest BCUT2D eigenvalue weighted by molar-refractivity contribution is 6.07. The van der Waals surface area contributed by atoms with Crippen LogP contribution in [0.15, 0.2) is 24.3 Å². The van der Waals surface area contributed by atoms with E-state index in [4.69, 9.17) is 4.74 Å². The average Bonchev–Trinajstić information content (AvgIpc) is 2.95. The molecule has 6 nitrogen and oxygen atoms in total. The summed E-state index contributed by atoms with van der Waals surface area (Å²) in [5.41, 5.74) is 3.74. The van der Waals surface area contributed by atoms with E-state index >= 15 is 0 Å². The predicted octanol–water partition coefficient (Wildman–Crippen LogP) is 4.46. The Morgan fingerprint density at radius 2 is 1.65 bits per heavy atom. The van der Waals surface area contributed by atoms with Gasteiger partial charge in [-0.15, -0.1) is 0 Å². The largest absolute Gasteiger partial charge is 0.464 e. The number of carbonyl (C=O) groups excluding carboxylic acids is 3. The van der Waals surface area contributed by atoms with Gasteiger partial charge in [0.05, 0.1) is 13.2 Å². The topological polar surface area (TPSA) is 68.6 Å². The number of esters is 1. The Kier molecular flexibility index (Phi) is 7.14. The second-order valence-corrected chi connectivity index (χ2v) is 8.94. The zero-order valence-corrected chi connectivity index (χ0v) is 20.1. The van der Waals surface area contributed by atoms with E-state index in [1.54, 1.807) is 37.3 Å². The van der Waals surface area contributed by atoms with Crippen molar-refractivity contribution >= 4 is 17.7 Å². The number of Topliss-reactive ketones (excluding diaryl/α,β-unsaturated/α-hetero) is 1. The molecule has 0 aliphatic carbocycles. The smallest absolute Gasteiger partial charge is 0.354 e. The summed E-state index contributed by atoms with van der Waals surface area (Å²) in [6, 6.07) is 6.88. The van der Waals surface area contributed by atoms with Crippen molar-refractivity contribution in [3.05, 3.63) is 57.9 Å². The maximum Gasteiger partial charge on any atom is 0.354 e. The molecule has 0 unspecified atom stereocenters. The van der Waals surface area contributed by atoms with Gasteiger partial charge >= 0.3 is 5.97 Å². The molecular formula is C25H34N2O4. The van der Waals surface area contributed by atoms with Crippen molar-refractivity contribution in [2.75, 3.05) is 13.7 Å². The number of aromatic nitrogens is 1. The van der Waals surface area contributed by atoms with E-state index in [9.17, 15) is 14.4 Å². The van der Waals surface area contributed by atoms with Gasteiger partial charge in [-0.3, -0.25) is 9.59 Å². The van der Waals surface area contributed by atoms with Gasteiger partial charge < -0.3 is 14.2 Å². The lowest BCUT2D eigenvalue weighted by Crippen LogP contribution is -2.43. The van der Waals surface area contributed by atoms with Crippen molar-refractivity contribution in [2.45, 2.75) is 59.9 Å². The molecule has 31 heavy (non-hydrogen) atoms. The number of hydrogen-bond acceptors (Lipinski definition) is 4. The summed E-state index contributed by atoms with van der Waals surface area (Å²) in [5.74, 6) is -0.873. The number of carbonyl (C=O) groups is 3. The van der Waals surface area contributed by atoms with Crippen molar-refractivity contribution in [1.29, 1.82) is 0 Å². The molecule has 168 valence electrons. The summed E-state index contributed by atoms with van der Waals surface area (Å²) in [4.78, 5) is 40.4. The van der Waals surface area contributed by atoms with Gasteiger partial charge in [-0.05, 0) is 56.4 Å². The molecule has 0 saturated carbocycles.